The van der Waals surface area contributed by atoms with Gasteiger partial charge < -0.3 is 29.7 Å². The second-order valence-electron chi connectivity index (χ2n) is 7.27. The highest BCUT2D eigenvalue weighted by atomic mass is 127. The standard InChI is InChI=1S/C21H35N5O3.HI/c1-2-22-21(24-9-5-12-28-17-19-7-4-13-29-19)25-16-18-6-3-8-23-20(18)26-10-14-27-15-11-26;/h3,6,8,19H,2,4-5,7,9-17H2,1H3,(H2,22,24,25);1H. The molecule has 0 spiro atoms. The van der Waals surface area contributed by atoms with E-state index >= 15 is 0 Å². The van der Waals surface area contributed by atoms with Crippen molar-refractivity contribution in [3.8, 4) is 0 Å². The van der Waals surface area contributed by atoms with E-state index in [1.54, 1.807) is 0 Å². The minimum atomic E-state index is 0. The normalized spacial score (nSPS) is 19.4. The highest BCUT2D eigenvalue weighted by Gasteiger charge is 2.16. The zero-order valence-corrected chi connectivity index (χ0v) is 20.3. The van der Waals surface area contributed by atoms with Crippen LogP contribution in [0.25, 0.3) is 0 Å². The summed E-state index contributed by atoms with van der Waals surface area (Å²) < 4.78 is 16.8. The molecule has 0 amide bonds. The van der Waals surface area contributed by atoms with E-state index in [2.05, 4.69) is 33.5 Å². The second-order valence-corrected chi connectivity index (χ2v) is 7.27. The second kappa shape index (κ2) is 14.8. The van der Waals surface area contributed by atoms with Crippen LogP contribution < -0.4 is 15.5 Å². The van der Waals surface area contributed by atoms with Crippen LogP contribution in [0.15, 0.2) is 23.3 Å². The predicted molar refractivity (Wildman–Crippen MR) is 130 cm³/mol. The van der Waals surface area contributed by atoms with Crippen molar-refractivity contribution in [2.45, 2.75) is 38.8 Å². The van der Waals surface area contributed by atoms with E-state index in [0.717, 1.165) is 89.2 Å². The fourth-order valence-corrected chi connectivity index (χ4v) is 3.49. The number of nitrogens with zero attached hydrogens (tertiary/aromatic N) is 3. The van der Waals surface area contributed by atoms with E-state index in [9.17, 15) is 0 Å². The first kappa shape index (κ1) is 25.1. The lowest BCUT2D eigenvalue weighted by atomic mass is 10.2. The summed E-state index contributed by atoms with van der Waals surface area (Å²) in [5.41, 5.74) is 1.13. The van der Waals surface area contributed by atoms with Crippen LogP contribution >= 0.6 is 24.0 Å². The van der Waals surface area contributed by atoms with Crippen LogP contribution in [0.3, 0.4) is 0 Å². The maximum absolute atomic E-state index is 5.72. The third kappa shape index (κ3) is 8.52. The highest BCUT2D eigenvalue weighted by Crippen LogP contribution is 2.19. The van der Waals surface area contributed by atoms with Gasteiger partial charge in [-0.1, -0.05) is 6.07 Å². The molecule has 2 aliphatic rings. The Bertz CT molecular complexity index is 622. The molecule has 0 saturated carbocycles. The molecular weight excluding hydrogens is 497 g/mol. The van der Waals surface area contributed by atoms with E-state index in [-0.39, 0.29) is 24.0 Å². The topological polar surface area (TPSA) is 80.2 Å². The lowest BCUT2D eigenvalue weighted by Crippen LogP contribution is -2.38. The van der Waals surface area contributed by atoms with Gasteiger partial charge in [0.2, 0.25) is 0 Å². The summed E-state index contributed by atoms with van der Waals surface area (Å²) in [5, 5.41) is 6.70. The van der Waals surface area contributed by atoms with E-state index in [1.165, 1.54) is 0 Å². The molecule has 1 aromatic rings. The molecule has 170 valence electrons. The van der Waals surface area contributed by atoms with Crippen LogP contribution in [0, 0.1) is 0 Å². The molecule has 1 unspecified atom stereocenters. The van der Waals surface area contributed by atoms with Gasteiger partial charge in [0.15, 0.2) is 5.96 Å². The largest absolute Gasteiger partial charge is 0.379 e. The van der Waals surface area contributed by atoms with Crippen molar-refractivity contribution in [1.29, 1.82) is 0 Å². The molecule has 2 aliphatic heterocycles. The third-order valence-electron chi connectivity index (χ3n) is 5.02. The molecule has 3 rings (SSSR count). The third-order valence-corrected chi connectivity index (χ3v) is 5.02. The fourth-order valence-electron chi connectivity index (χ4n) is 3.49. The monoisotopic (exact) mass is 533 g/mol. The molecule has 0 aromatic carbocycles. The maximum Gasteiger partial charge on any atom is 0.191 e. The lowest BCUT2D eigenvalue weighted by Gasteiger charge is -2.29. The van der Waals surface area contributed by atoms with Crippen molar-refractivity contribution >= 4 is 35.8 Å². The van der Waals surface area contributed by atoms with Gasteiger partial charge in [0.25, 0.3) is 0 Å². The Morgan fingerprint density at radius 3 is 2.93 bits per heavy atom. The number of nitrogens with one attached hydrogen (secondary N) is 2. The molecule has 0 bridgehead atoms. The number of rotatable bonds is 10. The number of halogens is 1. The number of aliphatic imine (C=N–C) groups is 1. The summed E-state index contributed by atoms with van der Waals surface area (Å²) in [6, 6.07) is 4.07. The van der Waals surface area contributed by atoms with Crippen LogP contribution in [-0.4, -0.2) is 76.3 Å². The van der Waals surface area contributed by atoms with Crippen LogP contribution in [-0.2, 0) is 20.8 Å². The number of aromatic nitrogens is 1. The quantitative estimate of drug-likeness (QED) is 0.207. The number of anilines is 1. The minimum Gasteiger partial charge on any atom is -0.379 e. The molecule has 0 radical (unpaired) electrons. The Kier molecular flexibility index (Phi) is 12.4. The predicted octanol–water partition coefficient (Wildman–Crippen LogP) is 2.18. The number of guanidine groups is 1. The molecule has 1 aromatic heterocycles. The Morgan fingerprint density at radius 1 is 1.30 bits per heavy atom. The molecule has 2 N–H and O–H groups in total. The SMILES string of the molecule is CCNC(=NCc1cccnc1N1CCOCC1)NCCCOCC1CCCO1.I. The highest BCUT2D eigenvalue weighted by molar-refractivity contribution is 14.0. The Labute approximate surface area is 197 Å². The molecular formula is C21H36IN5O3. The molecule has 1 atom stereocenters. The summed E-state index contributed by atoms with van der Waals surface area (Å²) in [6.07, 6.45) is 5.35. The van der Waals surface area contributed by atoms with Gasteiger partial charge in [-0.3, -0.25) is 0 Å². The van der Waals surface area contributed by atoms with E-state index in [4.69, 9.17) is 19.2 Å². The molecule has 30 heavy (non-hydrogen) atoms. The van der Waals surface area contributed by atoms with Crippen molar-refractivity contribution in [1.82, 2.24) is 15.6 Å². The zero-order valence-electron chi connectivity index (χ0n) is 18.0. The first-order valence-corrected chi connectivity index (χ1v) is 10.8. The Morgan fingerprint density at radius 2 is 2.17 bits per heavy atom. The van der Waals surface area contributed by atoms with Gasteiger partial charge in [-0.15, -0.1) is 24.0 Å². The molecule has 8 nitrogen and oxygen atoms in total. The fraction of sp³-hybridized carbons (Fsp3) is 0.714. The first-order chi connectivity index (χ1) is 14.4. The van der Waals surface area contributed by atoms with Crippen LogP contribution in [0.4, 0.5) is 5.82 Å². The summed E-state index contributed by atoms with van der Waals surface area (Å²) in [7, 11) is 0. The molecule has 9 heteroatoms. The summed E-state index contributed by atoms with van der Waals surface area (Å²) in [6.45, 7) is 9.87. The number of hydrogen-bond donors (Lipinski definition) is 2. The first-order valence-electron chi connectivity index (χ1n) is 10.8. The minimum absolute atomic E-state index is 0. The smallest absolute Gasteiger partial charge is 0.191 e. The zero-order chi connectivity index (χ0) is 20.2. The van der Waals surface area contributed by atoms with Crippen LogP contribution in [0.1, 0.15) is 31.7 Å². The Balaban J connectivity index is 0.00000320. The van der Waals surface area contributed by atoms with Gasteiger partial charge in [0, 0.05) is 51.2 Å². The van der Waals surface area contributed by atoms with Gasteiger partial charge in [-0.05, 0) is 32.3 Å². The van der Waals surface area contributed by atoms with Crippen molar-refractivity contribution < 1.29 is 14.2 Å². The van der Waals surface area contributed by atoms with Gasteiger partial charge in [0.1, 0.15) is 5.82 Å². The number of hydrogen-bond acceptors (Lipinski definition) is 6. The number of ether oxygens (including phenoxy) is 3. The number of morpholine rings is 1. The van der Waals surface area contributed by atoms with Gasteiger partial charge >= 0.3 is 0 Å². The summed E-state index contributed by atoms with van der Waals surface area (Å²) in [5.74, 6) is 1.83. The number of pyridine rings is 1. The van der Waals surface area contributed by atoms with Crippen molar-refractivity contribution in [2.75, 3.05) is 64.1 Å². The van der Waals surface area contributed by atoms with E-state index < -0.39 is 0 Å². The van der Waals surface area contributed by atoms with Crippen molar-refractivity contribution in [2.24, 2.45) is 4.99 Å². The average molecular weight is 533 g/mol. The van der Waals surface area contributed by atoms with Gasteiger partial charge in [-0.2, -0.15) is 0 Å². The lowest BCUT2D eigenvalue weighted by molar-refractivity contribution is 0.0168. The Hall–Kier alpha value is -1.17. The molecule has 2 fully saturated rings. The van der Waals surface area contributed by atoms with Crippen LogP contribution in [0.2, 0.25) is 0 Å². The van der Waals surface area contributed by atoms with E-state index in [0.29, 0.717) is 19.3 Å². The summed E-state index contributed by atoms with van der Waals surface area (Å²) in [4.78, 5) is 11.6. The summed E-state index contributed by atoms with van der Waals surface area (Å²) >= 11 is 0. The van der Waals surface area contributed by atoms with Crippen LogP contribution in [0.5, 0.6) is 0 Å². The average Bonchev–Trinajstić information content (AvgIpc) is 3.29. The van der Waals surface area contributed by atoms with Crippen molar-refractivity contribution in [3.05, 3.63) is 23.9 Å². The van der Waals surface area contributed by atoms with E-state index in [1.807, 2.05) is 12.3 Å². The van der Waals surface area contributed by atoms with Gasteiger partial charge in [0.05, 0.1) is 32.5 Å². The maximum atomic E-state index is 5.72. The molecule has 3 heterocycles. The van der Waals surface area contributed by atoms with Crippen molar-refractivity contribution in [3.63, 3.8) is 0 Å². The molecule has 0 aliphatic carbocycles. The van der Waals surface area contributed by atoms with Gasteiger partial charge in [-0.25, -0.2) is 9.98 Å². The molecule has 2 saturated heterocycles.